The molecule has 5 rings (SSSR count). The SMILES string of the molecule is CCn1ccc(C(C)NC(=O)c2cc(C3CC3)nc3onc(C4CC4)c23)n1. The third-order valence-corrected chi connectivity index (χ3v) is 5.47. The summed E-state index contributed by atoms with van der Waals surface area (Å²) >= 11 is 0. The first-order valence-electron chi connectivity index (χ1n) is 9.78. The molecule has 1 atom stereocenters. The van der Waals surface area contributed by atoms with Crippen molar-refractivity contribution in [2.24, 2.45) is 0 Å². The van der Waals surface area contributed by atoms with Crippen molar-refractivity contribution >= 4 is 17.0 Å². The van der Waals surface area contributed by atoms with E-state index in [1.54, 1.807) is 0 Å². The summed E-state index contributed by atoms with van der Waals surface area (Å²) in [6.45, 7) is 4.80. The second-order valence-electron chi connectivity index (χ2n) is 7.68. The fourth-order valence-corrected chi connectivity index (χ4v) is 3.53. The van der Waals surface area contributed by atoms with Crippen molar-refractivity contribution in [3.05, 3.63) is 41.0 Å². The number of hydrogen-bond donors (Lipinski definition) is 1. The lowest BCUT2D eigenvalue weighted by Gasteiger charge is -2.13. The highest BCUT2D eigenvalue weighted by molar-refractivity contribution is 6.06. The Kier molecular flexibility index (Phi) is 3.77. The molecule has 140 valence electrons. The Bertz CT molecular complexity index is 1010. The molecule has 3 heterocycles. The van der Waals surface area contributed by atoms with E-state index in [2.05, 4.69) is 20.6 Å². The van der Waals surface area contributed by atoms with Crippen LogP contribution in [-0.4, -0.2) is 25.8 Å². The number of rotatable bonds is 6. The number of fused-ring (bicyclic) bond motifs is 1. The number of aryl methyl sites for hydroxylation is 1. The van der Waals surface area contributed by atoms with E-state index in [0.717, 1.165) is 54.7 Å². The van der Waals surface area contributed by atoms with Crippen molar-refractivity contribution in [3.63, 3.8) is 0 Å². The van der Waals surface area contributed by atoms with Gasteiger partial charge in [0.15, 0.2) is 0 Å². The molecular weight excluding hydrogens is 342 g/mol. The average molecular weight is 365 g/mol. The van der Waals surface area contributed by atoms with Gasteiger partial charge in [-0.05, 0) is 51.7 Å². The monoisotopic (exact) mass is 365 g/mol. The van der Waals surface area contributed by atoms with Crippen LogP contribution in [0.25, 0.3) is 11.1 Å². The topological polar surface area (TPSA) is 85.8 Å². The standard InChI is InChI=1S/C20H23N5O2/c1-3-25-9-8-15(23-25)11(2)21-19(26)14-10-16(12-4-5-12)22-20-17(14)18(24-27-20)13-6-7-13/h8-13H,3-7H2,1-2H3,(H,21,26). The zero-order valence-electron chi connectivity index (χ0n) is 15.6. The molecule has 7 nitrogen and oxygen atoms in total. The Balaban J connectivity index is 1.50. The highest BCUT2D eigenvalue weighted by Gasteiger charge is 2.34. The number of pyridine rings is 1. The number of hydrogen-bond acceptors (Lipinski definition) is 5. The summed E-state index contributed by atoms with van der Waals surface area (Å²) in [7, 11) is 0. The van der Waals surface area contributed by atoms with Gasteiger partial charge in [-0.1, -0.05) is 5.16 Å². The van der Waals surface area contributed by atoms with Crippen molar-refractivity contribution in [2.75, 3.05) is 0 Å². The largest absolute Gasteiger partial charge is 0.344 e. The number of nitrogens with zero attached hydrogens (tertiary/aromatic N) is 4. The lowest BCUT2D eigenvalue weighted by atomic mass is 10.0. The van der Waals surface area contributed by atoms with E-state index in [4.69, 9.17) is 4.52 Å². The smallest absolute Gasteiger partial charge is 0.259 e. The lowest BCUT2D eigenvalue weighted by molar-refractivity contribution is 0.0940. The average Bonchev–Trinajstić information content (AvgIpc) is 3.60. The van der Waals surface area contributed by atoms with Gasteiger partial charge in [0.25, 0.3) is 11.6 Å². The Morgan fingerprint density at radius 3 is 2.78 bits per heavy atom. The van der Waals surface area contributed by atoms with Crippen LogP contribution in [-0.2, 0) is 6.54 Å². The molecule has 2 aliphatic rings. The molecule has 1 amide bonds. The molecule has 2 fully saturated rings. The molecule has 1 unspecified atom stereocenters. The van der Waals surface area contributed by atoms with Gasteiger partial charge in [-0.25, -0.2) is 4.98 Å². The third-order valence-electron chi connectivity index (χ3n) is 5.47. The Morgan fingerprint density at radius 1 is 1.33 bits per heavy atom. The van der Waals surface area contributed by atoms with Crippen molar-refractivity contribution in [2.45, 2.75) is 64.0 Å². The molecule has 3 aromatic heterocycles. The van der Waals surface area contributed by atoms with Gasteiger partial charge in [-0.2, -0.15) is 5.10 Å². The molecule has 1 N–H and O–H groups in total. The lowest BCUT2D eigenvalue weighted by Crippen LogP contribution is -2.27. The Labute approximate surface area is 157 Å². The quantitative estimate of drug-likeness (QED) is 0.720. The fraction of sp³-hybridized carbons (Fsp3) is 0.500. The minimum absolute atomic E-state index is 0.118. The highest BCUT2D eigenvalue weighted by atomic mass is 16.5. The van der Waals surface area contributed by atoms with Gasteiger partial charge in [0, 0.05) is 30.3 Å². The third kappa shape index (κ3) is 3.01. The Morgan fingerprint density at radius 2 is 2.11 bits per heavy atom. The highest BCUT2D eigenvalue weighted by Crippen LogP contribution is 2.45. The van der Waals surface area contributed by atoms with E-state index in [1.165, 1.54) is 0 Å². The fourth-order valence-electron chi connectivity index (χ4n) is 3.53. The summed E-state index contributed by atoms with van der Waals surface area (Å²) in [6, 6.07) is 3.71. The van der Waals surface area contributed by atoms with Crippen molar-refractivity contribution in [3.8, 4) is 0 Å². The molecule has 3 aromatic rings. The van der Waals surface area contributed by atoms with Gasteiger partial charge in [-0.15, -0.1) is 0 Å². The maximum atomic E-state index is 13.2. The van der Waals surface area contributed by atoms with Gasteiger partial charge in [-0.3, -0.25) is 9.48 Å². The zero-order chi connectivity index (χ0) is 18.5. The van der Waals surface area contributed by atoms with Crippen LogP contribution in [0.1, 0.15) is 84.8 Å². The summed E-state index contributed by atoms with van der Waals surface area (Å²) in [6.07, 6.45) is 6.36. The molecule has 2 aliphatic carbocycles. The van der Waals surface area contributed by atoms with Crippen LogP contribution in [0.5, 0.6) is 0 Å². The van der Waals surface area contributed by atoms with Gasteiger partial charge in [0.1, 0.15) is 0 Å². The van der Waals surface area contributed by atoms with Crippen LogP contribution >= 0.6 is 0 Å². The van der Waals surface area contributed by atoms with E-state index >= 15 is 0 Å². The van der Waals surface area contributed by atoms with E-state index < -0.39 is 0 Å². The Hall–Kier alpha value is -2.70. The normalized spacial score (nSPS) is 18.0. The molecule has 0 aliphatic heterocycles. The second-order valence-corrected chi connectivity index (χ2v) is 7.68. The van der Waals surface area contributed by atoms with Crippen LogP contribution in [0, 0.1) is 0 Å². The minimum Gasteiger partial charge on any atom is -0.344 e. The van der Waals surface area contributed by atoms with Crippen LogP contribution in [0.4, 0.5) is 0 Å². The van der Waals surface area contributed by atoms with E-state index in [1.807, 2.05) is 36.9 Å². The maximum Gasteiger partial charge on any atom is 0.259 e. The van der Waals surface area contributed by atoms with Gasteiger partial charge < -0.3 is 9.84 Å². The molecule has 27 heavy (non-hydrogen) atoms. The summed E-state index contributed by atoms with van der Waals surface area (Å²) in [5, 5.41) is 12.6. The molecular formula is C20H23N5O2. The molecule has 7 heteroatoms. The van der Waals surface area contributed by atoms with Crippen LogP contribution in [0.3, 0.4) is 0 Å². The second kappa shape index (κ2) is 6.18. The summed E-state index contributed by atoms with van der Waals surface area (Å²) in [4.78, 5) is 17.8. The van der Waals surface area contributed by atoms with Crippen LogP contribution < -0.4 is 5.32 Å². The number of amides is 1. The number of carbonyl (C=O) groups excluding carboxylic acids is 1. The van der Waals surface area contributed by atoms with Gasteiger partial charge >= 0.3 is 0 Å². The van der Waals surface area contributed by atoms with Crippen molar-refractivity contribution < 1.29 is 9.32 Å². The van der Waals surface area contributed by atoms with Crippen LogP contribution in [0.2, 0.25) is 0 Å². The first-order chi connectivity index (χ1) is 13.1. The predicted octanol–water partition coefficient (Wildman–Crippen LogP) is 3.69. The minimum atomic E-state index is -0.179. The summed E-state index contributed by atoms with van der Waals surface area (Å²) in [5.41, 5.74) is 3.80. The molecule has 0 spiro atoms. The van der Waals surface area contributed by atoms with Gasteiger partial charge in [0.05, 0.1) is 28.4 Å². The summed E-state index contributed by atoms with van der Waals surface area (Å²) < 4.78 is 7.37. The number of carbonyl (C=O) groups is 1. The van der Waals surface area contributed by atoms with E-state index in [-0.39, 0.29) is 11.9 Å². The number of aromatic nitrogens is 4. The van der Waals surface area contributed by atoms with E-state index in [9.17, 15) is 4.79 Å². The molecule has 0 aromatic carbocycles. The molecule has 0 saturated heterocycles. The first kappa shape index (κ1) is 16.5. The zero-order valence-corrected chi connectivity index (χ0v) is 15.6. The first-order valence-corrected chi connectivity index (χ1v) is 9.78. The number of nitrogens with one attached hydrogen (secondary N) is 1. The maximum absolute atomic E-state index is 13.2. The van der Waals surface area contributed by atoms with Gasteiger partial charge in [0.2, 0.25) is 0 Å². The molecule has 0 bridgehead atoms. The van der Waals surface area contributed by atoms with Crippen molar-refractivity contribution in [1.82, 2.24) is 25.2 Å². The van der Waals surface area contributed by atoms with E-state index in [0.29, 0.717) is 23.1 Å². The molecule has 0 radical (unpaired) electrons. The predicted molar refractivity (Wildman–Crippen MR) is 99.5 cm³/mol. The van der Waals surface area contributed by atoms with Crippen LogP contribution in [0.15, 0.2) is 22.9 Å². The molecule has 2 saturated carbocycles. The van der Waals surface area contributed by atoms with Crippen molar-refractivity contribution in [1.29, 1.82) is 0 Å². The summed E-state index contributed by atoms with van der Waals surface area (Å²) in [5.74, 6) is 0.713.